The van der Waals surface area contributed by atoms with E-state index in [1.165, 1.54) is 6.08 Å². The quantitative estimate of drug-likeness (QED) is 0.533. The third-order valence-electron chi connectivity index (χ3n) is 3.90. The van der Waals surface area contributed by atoms with Crippen molar-refractivity contribution in [2.75, 3.05) is 28.2 Å². The molecular formula is C21H24Cl2N2O2. The lowest BCUT2D eigenvalue weighted by Gasteiger charge is -2.17. The van der Waals surface area contributed by atoms with Gasteiger partial charge in [-0.3, -0.25) is 4.79 Å². The van der Waals surface area contributed by atoms with Crippen LogP contribution in [-0.4, -0.2) is 48.9 Å². The zero-order valence-corrected chi connectivity index (χ0v) is 17.5. The second-order valence-corrected chi connectivity index (χ2v) is 7.80. The molecule has 0 bridgehead atoms. The van der Waals surface area contributed by atoms with Crippen molar-refractivity contribution in [3.63, 3.8) is 0 Å². The Bertz CT molecular complexity index is 830. The van der Waals surface area contributed by atoms with E-state index in [4.69, 9.17) is 23.2 Å². The highest BCUT2D eigenvalue weighted by atomic mass is 35.5. The van der Waals surface area contributed by atoms with Gasteiger partial charge in [-0.25, -0.2) is 0 Å². The Labute approximate surface area is 170 Å². The SMILES string of the molecule is CN(C)Cc1cc(C(=O)/C=C\c2ccc(Cl)c(Cl)c2)cc(CN(C)C)c1O. The number of nitrogens with zero attached hydrogens (tertiary/aromatic N) is 2. The molecular weight excluding hydrogens is 383 g/mol. The summed E-state index contributed by atoms with van der Waals surface area (Å²) < 4.78 is 0. The van der Waals surface area contributed by atoms with E-state index >= 15 is 0 Å². The zero-order chi connectivity index (χ0) is 20.1. The van der Waals surface area contributed by atoms with Gasteiger partial charge in [0.15, 0.2) is 5.78 Å². The van der Waals surface area contributed by atoms with Gasteiger partial charge in [0.1, 0.15) is 5.75 Å². The molecule has 27 heavy (non-hydrogen) atoms. The minimum Gasteiger partial charge on any atom is -0.507 e. The summed E-state index contributed by atoms with van der Waals surface area (Å²) in [5.74, 6) is 0.100. The van der Waals surface area contributed by atoms with Gasteiger partial charge >= 0.3 is 0 Å². The maximum Gasteiger partial charge on any atom is 0.185 e. The molecule has 0 amide bonds. The molecule has 2 aromatic rings. The number of benzene rings is 2. The lowest BCUT2D eigenvalue weighted by atomic mass is 10.00. The Hall–Kier alpha value is -1.85. The maximum absolute atomic E-state index is 12.7. The number of phenolic OH excluding ortho intramolecular Hbond substituents is 1. The minimum atomic E-state index is -0.138. The predicted octanol–water partition coefficient (Wildman–Crippen LogP) is 4.72. The van der Waals surface area contributed by atoms with Crippen LogP contribution in [0.15, 0.2) is 36.4 Å². The normalized spacial score (nSPS) is 11.7. The van der Waals surface area contributed by atoms with Gasteiger partial charge in [0, 0.05) is 29.8 Å². The Morgan fingerprint density at radius 3 is 2.00 bits per heavy atom. The fourth-order valence-corrected chi connectivity index (χ4v) is 3.02. The van der Waals surface area contributed by atoms with Gasteiger partial charge in [-0.05, 0) is 64.1 Å². The van der Waals surface area contributed by atoms with Crippen LogP contribution in [0.2, 0.25) is 10.0 Å². The van der Waals surface area contributed by atoms with Crippen LogP contribution in [-0.2, 0) is 13.1 Å². The molecule has 2 rings (SSSR count). The first kappa shape index (κ1) is 21.5. The lowest BCUT2D eigenvalue weighted by molar-refractivity contribution is 0.104. The van der Waals surface area contributed by atoms with Crippen LogP contribution in [0, 0.1) is 0 Å². The summed E-state index contributed by atoms with van der Waals surface area (Å²) in [5.41, 5.74) is 2.78. The van der Waals surface area contributed by atoms with Gasteiger partial charge in [-0.2, -0.15) is 0 Å². The van der Waals surface area contributed by atoms with E-state index in [-0.39, 0.29) is 11.5 Å². The molecule has 0 unspecified atom stereocenters. The third-order valence-corrected chi connectivity index (χ3v) is 4.64. The largest absolute Gasteiger partial charge is 0.507 e. The Morgan fingerprint density at radius 1 is 0.963 bits per heavy atom. The van der Waals surface area contributed by atoms with Gasteiger partial charge < -0.3 is 14.9 Å². The van der Waals surface area contributed by atoms with E-state index in [2.05, 4.69) is 0 Å². The number of allylic oxidation sites excluding steroid dienone is 1. The first-order valence-corrected chi connectivity index (χ1v) is 9.24. The molecule has 0 radical (unpaired) electrons. The number of halogens is 2. The average Bonchev–Trinajstić information content (AvgIpc) is 2.58. The summed E-state index contributed by atoms with van der Waals surface area (Å²) in [4.78, 5) is 16.6. The summed E-state index contributed by atoms with van der Waals surface area (Å²) in [6.45, 7) is 1.09. The standard InChI is InChI=1S/C21H24Cl2N2O2/c1-24(2)12-16-10-15(11-17(21(16)27)13-25(3)4)20(26)8-6-14-5-7-18(22)19(23)9-14/h5-11,27H,12-13H2,1-4H3/b8-6-. The van der Waals surface area contributed by atoms with Gasteiger partial charge in [0.25, 0.3) is 0 Å². The van der Waals surface area contributed by atoms with Gasteiger partial charge in [-0.1, -0.05) is 35.3 Å². The topological polar surface area (TPSA) is 43.8 Å². The van der Waals surface area contributed by atoms with Crippen molar-refractivity contribution in [2.45, 2.75) is 13.1 Å². The Morgan fingerprint density at radius 2 is 1.52 bits per heavy atom. The van der Waals surface area contributed by atoms with E-state index in [0.29, 0.717) is 28.7 Å². The molecule has 0 saturated heterocycles. The van der Waals surface area contributed by atoms with E-state index in [1.807, 2.05) is 38.0 Å². The molecule has 0 saturated carbocycles. The van der Waals surface area contributed by atoms with Crippen molar-refractivity contribution in [3.05, 3.63) is 68.7 Å². The second-order valence-electron chi connectivity index (χ2n) is 6.99. The summed E-state index contributed by atoms with van der Waals surface area (Å²) >= 11 is 11.9. The van der Waals surface area contributed by atoms with Gasteiger partial charge in [0.05, 0.1) is 10.0 Å². The third kappa shape index (κ3) is 6.08. The molecule has 0 aliphatic heterocycles. The van der Waals surface area contributed by atoms with Crippen LogP contribution >= 0.6 is 23.2 Å². The van der Waals surface area contributed by atoms with Crippen molar-refractivity contribution in [1.29, 1.82) is 0 Å². The molecule has 0 fully saturated rings. The smallest absolute Gasteiger partial charge is 0.185 e. The van der Waals surface area contributed by atoms with Crippen LogP contribution in [0.4, 0.5) is 0 Å². The first-order valence-electron chi connectivity index (χ1n) is 8.49. The molecule has 0 aliphatic rings. The van der Waals surface area contributed by atoms with E-state index in [9.17, 15) is 9.90 Å². The second kappa shape index (κ2) is 9.38. The summed E-state index contributed by atoms with van der Waals surface area (Å²) in [6.07, 6.45) is 3.21. The number of hydrogen-bond donors (Lipinski definition) is 1. The molecule has 0 atom stereocenters. The maximum atomic E-state index is 12.7. The number of carbonyl (C=O) groups excluding carboxylic acids is 1. The highest BCUT2D eigenvalue weighted by Gasteiger charge is 2.14. The summed E-state index contributed by atoms with van der Waals surface area (Å²) in [5, 5.41) is 11.5. The van der Waals surface area contributed by atoms with Crippen molar-refractivity contribution < 1.29 is 9.90 Å². The van der Waals surface area contributed by atoms with Crippen LogP contribution in [0.25, 0.3) is 6.08 Å². The predicted molar refractivity (Wildman–Crippen MR) is 113 cm³/mol. The number of carbonyl (C=O) groups is 1. The fourth-order valence-electron chi connectivity index (χ4n) is 2.71. The molecule has 4 nitrogen and oxygen atoms in total. The first-order chi connectivity index (χ1) is 12.7. The van der Waals surface area contributed by atoms with Gasteiger partial charge in [0.2, 0.25) is 0 Å². The van der Waals surface area contributed by atoms with Crippen LogP contribution < -0.4 is 0 Å². The highest BCUT2D eigenvalue weighted by molar-refractivity contribution is 6.42. The molecule has 0 aromatic heterocycles. The van der Waals surface area contributed by atoms with Crippen LogP contribution in [0.3, 0.4) is 0 Å². The number of ketones is 1. The Balaban J connectivity index is 2.35. The van der Waals surface area contributed by atoms with Crippen LogP contribution in [0.5, 0.6) is 5.75 Å². The number of rotatable bonds is 7. The molecule has 144 valence electrons. The van der Waals surface area contributed by atoms with E-state index < -0.39 is 0 Å². The lowest BCUT2D eigenvalue weighted by Crippen LogP contribution is -2.15. The monoisotopic (exact) mass is 406 g/mol. The summed E-state index contributed by atoms with van der Waals surface area (Å²) in [6, 6.07) is 8.69. The number of aromatic hydroxyl groups is 1. The van der Waals surface area contributed by atoms with Crippen molar-refractivity contribution >= 4 is 35.1 Å². The van der Waals surface area contributed by atoms with Gasteiger partial charge in [-0.15, -0.1) is 0 Å². The summed E-state index contributed by atoms with van der Waals surface area (Å²) in [7, 11) is 7.68. The van der Waals surface area contributed by atoms with E-state index in [1.54, 1.807) is 36.4 Å². The number of hydrogen-bond acceptors (Lipinski definition) is 4. The average molecular weight is 407 g/mol. The molecule has 0 heterocycles. The minimum absolute atomic E-state index is 0.138. The van der Waals surface area contributed by atoms with Crippen LogP contribution in [0.1, 0.15) is 27.0 Å². The molecule has 6 heteroatoms. The fraction of sp³-hybridized carbons (Fsp3) is 0.286. The highest BCUT2D eigenvalue weighted by Crippen LogP contribution is 2.27. The zero-order valence-electron chi connectivity index (χ0n) is 16.0. The number of phenols is 1. The molecule has 1 N–H and O–H groups in total. The van der Waals surface area contributed by atoms with Crippen molar-refractivity contribution in [2.24, 2.45) is 0 Å². The molecule has 0 spiro atoms. The molecule has 2 aromatic carbocycles. The van der Waals surface area contributed by atoms with Crippen molar-refractivity contribution in [1.82, 2.24) is 9.80 Å². The Kier molecular flexibility index (Phi) is 7.45. The molecule has 0 aliphatic carbocycles. The van der Waals surface area contributed by atoms with Crippen molar-refractivity contribution in [3.8, 4) is 5.75 Å². The van der Waals surface area contributed by atoms with E-state index in [0.717, 1.165) is 16.7 Å².